The lowest BCUT2D eigenvalue weighted by Gasteiger charge is -2.26. The van der Waals surface area contributed by atoms with Crippen molar-refractivity contribution in [2.45, 2.75) is 53.6 Å². The van der Waals surface area contributed by atoms with Gasteiger partial charge in [0.2, 0.25) is 6.23 Å². The summed E-state index contributed by atoms with van der Waals surface area (Å²) in [7, 11) is 0. The lowest BCUT2D eigenvalue weighted by molar-refractivity contribution is -0.143. The molecule has 1 heterocycles. The fourth-order valence-electron chi connectivity index (χ4n) is 4.72. The predicted octanol–water partition coefficient (Wildman–Crippen LogP) is 4.05. The van der Waals surface area contributed by atoms with Gasteiger partial charge in [-0.25, -0.2) is 0 Å². The van der Waals surface area contributed by atoms with Crippen LogP contribution in [0.4, 0.5) is 11.4 Å². The van der Waals surface area contributed by atoms with Crippen molar-refractivity contribution < 1.29 is 24.2 Å². The summed E-state index contributed by atoms with van der Waals surface area (Å²) in [6.07, 6.45) is -1.05. The van der Waals surface area contributed by atoms with Crippen LogP contribution in [0.2, 0.25) is 0 Å². The van der Waals surface area contributed by atoms with Gasteiger partial charge in [0.05, 0.1) is 6.54 Å². The first kappa shape index (κ1) is 32.6. The van der Waals surface area contributed by atoms with Crippen LogP contribution in [0.15, 0.2) is 60.7 Å². The quantitative estimate of drug-likeness (QED) is 0.136. The molecule has 0 saturated carbocycles. The summed E-state index contributed by atoms with van der Waals surface area (Å²) in [5.41, 5.74) is 12.6. The molecular weight excluding hydrogens is 548 g/mol. The van der Waals surface area contributed by atoms with Gasteiger partial charge < -0.3 is 36.4 Å². The number of aryl methyl sites for hydroxylation is 1. The van der Waals surface area contributed by atoms with Crippen molar-refractivity contribution in [2.24, 2.45) is 5.73 Å². The number of hydrogen-bond acceptors (Lipinski definition) is 7. The van der Waals surface area contributed by atoms with Crippen LogP contribution in [-0.4, -0.2) is 53.0 Å². The fourth-order valence-corrected chi connectivity index (χ4v) is 4.72. The number of amides is 2. The number of nitrogen functional groups attached to an aromatic ring is 1. The number of carbonyl (C=O) groups excluding carboxylic acids is 2. The summed E-state index contributed by atoms with van der Waals surface area (Å²) >= 11 is 0. The van der Waals surface area contributed by atoms with Gasteiger partial charge in [0.25, 0.3) is 17.8 Å². The second-order valence-corrected chi connectivity index (χ2v) is 9.91. The molecule has 7 N–H and O–H groups in total. The molecule has 0 saturated heterocycles. The molecule has 4 rings (SSSR count). The molecule has 2 amide bonds. The molecular formula is C32H40N6O5. The van der Waals surface area contributed by atoms with Crippen molar-refractivity contribution in [1.29, 1.82) is 5.41 Å². The molecule has 0 bridgehead atoms. The average molecular weight is 589 g/mol. The molecule has 11 nitrogen and oxygen atoms in total. The summed E-state index contributed by atoms with van der Waals surface area (Å²) in [6, 6.07) is 19.0. The topological polar surface area (TPSA) is 170 Å². The van der Waals surface area contributed by atoms with Crippen molar-refractivity contribution in [3.8, 4) is 0 Å². The van der Waals surface area contributed by atoms with Crippen molar-refractivity contribution in [3.05, 3.63) is 94.0 Å². The molecule has 0 radical (unpaired) electrons. The Kier molecular flexibility index (Phi) is 11.7. The molecule has 3 aromatic carbocycles. The fraction of sp³-hybridized carbons (Fsp3) is 0.312. The van der Waals surface area contributed by atoms with Crippen LogP contribution in [0.25, 0.3) is 0 Å². The smallest absolute Gasteiger partial charge is 0.300 e. The van der Waals surface area contributed by atoms with Crippen LogP contribution in [0.5, 0.6) is 0 Å². The first-order chi connectivity index (χ1) is 20.6. The third kappa shape index (κ3) is 8.55. The number of ether oxygens (including phenoxy) is 1. The van der Waals surface area contributed by atoms with E-state index >= 15 is 0 Å². The Morgan fingerprint density at radius 3 is 2.37 bits per heavy atom. The second-order valence-electron chi connectivity index (χ2n) is 9.91. The number of nitrogens with one attached hydrogen (secondary N) is 4. The molecule has 1 atom stereocenters. The molecule has 11 heteroatoms. The molecule has 1 unspecified atom stereocenters. The number of carboxylic acid groups (broad SMARTS) is 1. The molecule has 1 aliphatic rings. The zero-order valence-electron chi connectivity index (χ0n) is 25.0. The van der Waals surface area contributed by atoms with E-state index in [1.807, 2.05) is 62.4 Å². The van der Waals surface area contributed by atoms with Gasteiger partial charge in [0.1, 0.15) is 5.84 Å². The number of anilines is 2. The van der Waals surface area contributed by atoms with E-state index in [9.17, 15) is 9.59 Å². The second kappa shape index (κ2) is 15.4. The molecule has 0 aliphatic carbocycles. The monoisotopic (exact) mass is 588 g/mol. The van der Waals surface area contributed by atoms with Gasteiger partial charge in [-0.3, -0.25) is 19.8 Å². The molecule has 228 valence electrons. The van der Waals surface area contributed by atoms with E-state index < -0.39 is 18.1 Å². The van der Waals surface area contributed by atoms with Gasteiger partial charge in [-0.2, -0.15) is 0 Å². The lowest BCUT2D eigenvalue weighted by atomic mass is 10.1. The summed E-state index contributed by atoms with van der Waals surface area (Å²) in [5.74, 6) is -1.48. The van der Waals surface area contributed by atoms with Gasteiger partial charge >= 0.3 is 0 Å². The number of amidine groups is 1. The maximum Gasteiger partial charge on any atom is 0.300 e. The van der Waals surface area contributed by atoms with Crippen LogP contribution in [0.1, 0.15) is 58.9 Å². The van der Waals surface area contributed by atoms with Gasteiger partial charge in [0, 0.05) is 55.7 Å². The number of hydrogen-bond donors (Lipinski definition) is 6. The normalized spacial score (nSPS) is 12.5. The molecule has 43 heavy (non-hydrogen) atoms. The number of carbonyl (C=O) groups is 3. The van der Waals surface area contributed by atoms with Gasteiger partial charge in [-0.1, -0.05) is 42.5 Å². The van der Waals surface area contributed by atoms with E-state index in [4.69, 9.17) is 25.8 Å². The molecule has 0 aromatic heterocycles. The van der Waals surface area contributed by atoms with Crippen molar-refractivity contribution in [2.75, 3.05) is 23.8 Å². The zero-order chi connectivity index (χ0) is 31.5. The standard InChI is InChI=1S/C30H36N6O3.C2H4O2/c1-4-33-25-12-7-6-10-21(25)16-34-26-15-20(27(31)32)13-14-22(26)17-35-28(37)30(39-5-2)36-18-24-19(3)9-8-11-23(24)29(36)38;1-2(3)4/h6-15,30,33-34H,4-5,16-18H2,1-3H3,(H3,31,32)(H,35,37);1H3,(H,3,4). The maximum atomic E-state index is 13.3. The Labute approximate surface area is 251 Å². The van der Waals surface area contributed by atoms with Gasteiger partial charge in [0.15, 0.2) is 0 Å². The number of benzene rings is 3. The van der Waals surface area contributed by atoms with E-state index in [1.54, 1.807) is 19.1 Å². The minimum atomic E-state index is -1.05. The number of para-hydroxylation sites is 1. The molecule has 0 fully saturated rings. The molecule has 3 aromatic rings. The first-order valence-electron chi connectivity index (χ1n) is 14.1. The minimum absolute atomic E-state index is 0.0412. The molecule has 1 aliphatic heterocycles. The Morgan fingerprint density at radius 2 is 1.72 bits per heavy atom. The largest absolute Gasteiger partial charge is 0.481 e. The van der Waals surface area contributed by atoms with Crippen molar-refractivity contribution in [1.82, 2.24) is 10.2 Å². The van der Waals surface area contributed by atoms with Crippen molar-refractivity contribution >= 4 is 35.0 Å². The number of fused-ring (bicyclic) bond motifs is 1. The Balaban J connectivity index is 0.00000119. The first-order valence-corrected chi connectivity index (χ1v) is 14.1. The van der Waals surface area contributed by atoms with Gasteiger partial charge in [-0.05, 0) is 61.2 Å². The third-order valence-corrected chi connectivity index (χ3v) is 6.79. The van der Waals surface area contributed by atoms with E-state index in [-0.39, 0.29) is 24.9 Å². The highest BCUT2D eigenvalue weighted by molar-refractivity contribution is 6.01. The highest BCUT2D eigenvalue weighted by atomic mass is 16.5. The van der Waals surface area contributed by atoms with E-state index in [1.165, 1.54) is 4.90 Å². The van der Waals surface area contributed by atoms with Crippen LogP contribution >= 0.6 is 0 Å². The number of carboxylic acids is 1. The number of rotatable bonds is 12. The summed E-state index contributed by atoms with van der Waals surface area (Å²) in [5, 5.41) is 25.0. The molecule has 0 spiro atoms. The van der Waals surface area contributed by atoms with Gasteiger partial charge in [-0.15, -0.1) is 0 Å². The van der Waals surface area contributed by atoms with Crippen LogP contribution in [0, 0.1) is 12.3 Å². The van der Waals surface area contributed by atoms with E-state index in [2.05, 4.69) is 16.0 Å². The Hall–Kier alpha value is -4.90. The summed E-state index contributed by atoms with van der Waals surface area (Å²) in [4.78, 5) is 36.9. The van der Waals surface area contributed by atoms with Crippen LogP contribution in [-0.2, 0) is 34.0 Å². The van der Waals surface area contributed by atoms with E-state index in [0.29, 0.717) is 24.2 Å². The predicted molar refractivity (Wildman–Crippen MR) is 167 cm³/mol. The number of aliphatic carboxylic acids is 1. The SMILES string of the molecule is CC(=O)O.CCNc1ccccc1CNc1cc(C(=N)N)ccc1CNC(=O)C(OCC)N1Cc2c(C)cccc2C1=O. The summed E-state index contributed by atoms with van der Waals surface area (Å²) < 4.78 is 5.77. The van der Waals surface area contributed by atoms with Crippen molar-refractivity contribution in [3.63, 3.8) is 0 Å². The highest BCUT2D eigenvalue weighted by Gasteiger charge is 2.37. The van der Waals surface area contributed by atoms with Crippen LogP contribution in [0.3, 0.4) is 0 Å². The number of nitrogens with two attached hydrogens (primary N) is 1. The number of nitrogens with zero attached hydrogens (tertiary/aromatic N) is 1. The Bertz CT molecular complexity index is 1470. The minimum Gasteiger partial charge on any atom is -0.481 e. The van der Waals surface area contributed by atoms with Crippen LogP contribution < -0.4 is 21.7 Å². The zero-order valence-corrected chi connectivity index (χ0v) is 25.0. The third-order valence-electron chi connectivity index (χ3n) is 6.79. The maximum absolute atomic E-state index is 13.3. The van der Waals surface area contributed by atoms with E-state index in [0.717, 1.165) is 47.1 Å². The summed E-state index contributed by atoms with van der Waals surface area (Å²) in [6.45, 7) is 9.03. The average Bonchev–Trinajstić information content (AvgIpc) is 3.31. The highest BCUT2D eigenvalue weighted by Crippen LogP contribution is 2.28. The lowest BCUT2D eigenvalue weighted by Crippen LogP contribution is -2.48. The Morgan fingerprint density at radius 1 is 1.02 bits per heavy atom.